The molecule has 2 amide bonds. The smallest absolute Gasteiger partial charge is 0.255 e. The van der Waals surface area contributed by atoms with Crippen LogP contribution in [0.2, 0.25) is 0 Å². The van der Waals surface area contributed by atoms with Gasteiger partial charge >= 0.3 is 0 Å². The first-order valence-electron chi connectivity index (χ1n) is 9.35. The molecule has 4 nitrogen and oxygen atoms in total. The zero-order valence-corrected chi connectivity index (χ0v) is 15.7. The number of hydrogen-bond donors (Lipinski definition) is 1. The topological polar surface area (TPSA) is 49.4 Å². The molecule has 0 spiro atoms. The molecular formula is C22H25FN2O2. The molecule has 1 heterocycles. The maximum Gasteiger partial charge on any atom is 0.255 e. The largest absolute Gasteiger partial charge is 0.338 e. The molecule has 27 heavy (non-hydrogen) atoms. The quantitative estimate of drug-likeness (QED) is 0.882. The predicted octanol–water partition coefficient (Wildman–Crippen LogP) is 4.13. The van der Waals surface area contributed by atoms with Gasteiger partial charge in [0.25, 0.3) is 5.91 Å². The molecule has 0 aliphatic carbocycles. The van der Waals surface area contributed by atoms with Crippen LogP contribution >= 0.6 is 0 Å². The number of carbonyl (C=O) groups is 2. The maximum atomic E-state index is 13.8. The van der Waals surface area contributed by atoms with E-state index in [0.717, 1.165) is 19.5 Å². The number of para-hydroxylation sites is 1. The summed E-state index contributed by atoms with van der Waals surface area (Å²) in [6.07, 6.45) is 1.04. The van der Waals surface area contributed by atoms with Crippen LogP contribution in [0, 0.1) is 17.7 Å². The van der Waals surface area contributed by atoms with E-state index in [1.807, 2.05) is 4.90 Å². The molecule has 142 valence electrons. The van der Waals surface area contributed by atoms with E-state index < -0.39 is 5.82 Å². The molecule has 1 saturated heterocycles. The molecule has 2 aromatic rings. The Morgan fingerprint density at radius 1 is 1.04 bits per heavy atom. The first kappa shape index (κ1) is 19.1. The second-order valence-electron chi connectivity index (χ2n) is 7.52. The molecule has 2 atom stereocenters. The van der Waals surface area contributed by atoms with Crippen molar-refractivity contribution in [3.05, 3.63) is 65.5 Å². The molecule has 2 unspecified atom stereocenters. The minimum absolute atomic E-state index is 0.0739. The minimum Gasteiger partial charge on any atom is -0.338 e. The van der Waals surface area contributed by atoms with E-state index in [9.17, 15) is 14.0 Å². The fourth-order valence-corrected chi connectivity index (χ4v) is 3.79. The van der Waals surface area contributed by atoms with Crippen LogP contribution in [0.1, 0.15) is 36.2 Å². The standard InChI is InChI=1S/C22H25FN2O2/c1-15-11-16(2)14-25(13-15)22(27)18-8-4-6-10-20(18)24-21(26)12-17-7-3-5-9-19(17)23/h3-10,15-16H,11-14H2,1-2H3,(H,24,26). The average Bonchev–Trinajstić information content (AvgIpc) is 2.63. The van der Waals surface area contributed by atoms with E-state index in [4.69, 9.17) is 0 Å². The number of hydrogen-bond acceptors (Lipinski definition) is 2. The number of carbonyl (C=O) groups excluding carboxylic acids is 2. The summed E-state index contributed by atoms with van der Waals surface area (Å²) >= 11 is 0. The van der Waals surface area contributed by atoms with E-state index in [1.165, 1.54) is 6.07 Å². The molecular weight excluding hydrogens is 343 g/mol. The summed E-state index contributed by atoms with van der Waals surface area (Å²) in [6.45, 7) is 5.75. The highest BCUT2D eigenvalue weighted by atomic mass is 19.1. The van der Waals surface area contributed by atoms with Crippen molar-refractivity contribution in [3.8, 4) is 0 Å². The van der Waals surface area contributed by atoms with Gasteiger partial charge in [0.05, 0.1) is 17.7 Å². The van der Waals surface area contributed by atoms with Gasteiger partial charge in [-0.3, -0.25) is 9.59 Å². The van der Waals surface area contributed by atoms with Crippen LogP contribution in [-0.4, -0.2) is 29.8 Å². The number of piperidine rings is 1. The van der Waals surface area contributed by atoms with Gasteiger partial charge in [-0.25, -0.2) is 4.39 Å². The second kappa shape index (κ2) is 8.33. The fourth-order valence-electron chi connectivity index (χ4n) is 3.79. The Morgan fingerprint density at radius 3 is 2.37 bits per heavy atom. The van der Waals surface area contributed by atoms with Gasteiger partial charge in [0, 0.05) is 13.1 Å². The van der Waals surface area contributed by atoms with Gasteiger partial charge in [0.15, 0.2) is 0 Å². The summed E-state index contributed by atoms with van der Waals surface area (Å²) in [7, 11) is 0. The Bertz CT molecular complexity index is 827. The molecule has 5 heteroatoms. The lowest BCUT2D eigenvalue weighted by atomic mass is 9.91. The van der Waals surface area contributed by atoms with Gasteiger partial charge in [-0.2, -0.15) is 0 Å². The second-order valence-corrected chi connectivity index (χ2v) is 7.52. The van der Waals surface area contributed by atoms with Crippen molar-refractivity contribution in [2.75, 3.05) is 18.4 Å². The van der Waals surface area contributed by atoms with Crippen molar-refractivity contribution in [2.24, 2.45) is 11.8 Å². The lowest BCUT2D eigenvalue weighted by molar-refractivity contribution is -0.115. The van der Waals surface area contributed by atoms with Crippen LogP contribution in [0.25, 0.3) is 0 Å². The monoisotopic (exact) mass is 368 g/mol. The number of anilines is 1. The number of rotatable bonds is 4. The molecule has 1 N–H and O–H groups in total. The molecule has 2 aromatic carbocycles. The van der Waals surface area contributed by atoms with Gasteiger partial charge in [-0.1, -0.05) is 44.2 Å². The highest BCUT2D eigenvalue weighted by molar-refractivity contribution is 6.04. The van der Waals surface area contributed by atoms with E-state index in [-0.39, 0.29) is 18.2 Å². The number of amides is 2. The maximum absolute atomic E-state index is 13.8. The lowest BCUT2D eigenvalue weighted by Gasteiger charge is -2.35. The van der Waals surface area contributed by atoms with E-state index in [2.05, 4.69) is 19.2 Å². The highest BCUT2D eigenvalue weighted by Gasteiger charge is 2.27. The minimum atomic E-state index is -0.409. The summed E-state index contributed by atoms with van der Waals surface area (Å²) < 4.78 is 13.8. The average molecular weight is 368 g/mol. The van der Waals surface area contributed by atoms with Crippen molar-refractivity contribution >= 4 is 17.5 Å². The van der Waals surface area contributed by atoms with Crippen molar-refractivity contribution in [1.82, 2.24) is 4.90 Å². The molecule has 0 bridgehead atoms. The van der Waals surface area contributed by atoms with Gasteiger partial charge in [0.1, 0.15) is 5.82 Å². The Kier molecular flexibility index (Phi) is 5.89. The van der Waals surface area contributed by atoms with Gasteiger partial charge in [-0.15, -0.1) is 0 Å². The molecule has 0 radical (unpaired) electrons. The van der Waals surface area contributed by atoms with Crippen molar-refractivity contribution in [2.45, 2.75) is 26.7 Å². The number of nitrogens with zero attached hydrogens (tertiary/aromatic N) is 1. The normalized spacial score (nSPS) is 19.6. The summed E-state index contributed by atoms with van der Waals surface area (Å²) in [6, 6.07) is 13.2. The SMILES string of the molecule is CC1CC(C)CN(C(=O)c2ccccc2NC(=O)Cc2ccccc2F)C1. The number of halogens is 1. The number of nitrogens with one attached hydrogen (secondary N) is 1. The molecule has 1 aliphatic rings. The van der Waals surface area contributed by atoms with Crippen LogP contribution < -0.4 is 5.32 Å². The highest BCUT2D eigenvalue weighted by Crippen LogP contribution is 2.25. The molecule has 1 aliphatic heterocycles. The predicted molar refractivity (Wildman–Crippen MR) is 104 cm³/mol. The van der Waals surface area contributed by atoms with Crippen LogP contribution in [-0.2, 0) is 11.2 Å². The first-order valence-corrected chi connectivity index (χ1v) is 9.35. The third kappa shape index (κ3) is 4.73. The third-order valence-electron chi connectivity index (χ3n) is 4.90. The van der Waals surface area contributed by atoms with Gasteiger partial charge < -0.3 is 10.2 Å². The van der Waals surface area contributed by atoms with Crippen molar-refractivity contribution in [3.63, 3.8) is 0 Å². The summed E-state index contributed by atoms with van der Waals surface area (Å²) in [4.78, 5) is 27.3. The Morgan fingerprint density at radius 2 is 1.67 bits per heavy atom. The zero-order chi connectivity index (χ0) is 19.4. The molecule has 1 fully saturated rings. The third-order valence-corrected chi connectivity index (χ3v) is 4.90. The molecule has 0 saturated carbocycles. The summed E-state index contributed by atoms with van der Waals surface area (Å²) in [5.74, 6) is 0.0882. The van der Waals surface area contributed by atoms with Gasteiger partial charge in [-0.05, 0) is 42.0 Å². The number of likely N-dealkylation sites (tertiary alicyclic amines) is 1. The van der Waals surface area contributed by atoms with Crippen LogP contribution in [0.5, 0.6) is 0 Å². The Balaban J connectivity index is 1.75. The van der Waals surface area contributed by atoms with E-state index in [0.29, 0.717) is 28.7 Å². The zero-order valence-electron chi connectivity index (χ0n) is 15.7. The van der Waals surface area contributed by atoms with E-state index in [1.54, 1.807) is 42.5 Å². The Hall–Kier alpha value is -2.69. The van der Waals surface area contributed by atoms with Gasteiger partial charge in [0.2, 0.25) is 5.91 Å². The fraction of sp³-hybridized carbons (Fsp3) is 0.364. The molecule has 3 rings (SSSR count). The summed E-state index contributed by atoms with van der Waals surface area (Å²) in [5, 5.41) is 2.78. The molecule has 0 aromatic heterocycles. The Labute approximate surface area is 159 Å². The van der Waals surface area contributed by atoms with Crippen molar-refractivity contribution < 1.29 is 14.0 Å². The summed E-state index contributed by atoms with van der Waals surface area (Å²) in [5.41, 5.74) is 1.27. The van der Waals surface area contributed by atoms with Crippen LogP contribution in [0.3, 0.4) is 0 Å². The van der Waals surface area contributed by atoms with Crippen molar-refractivity contribution in [1.29, 1.82) is 0 Å². The van der Waals surface area contributed by atoms with Crippen LogP contribution in [0.4, 0.5) is 10.1 Å². The van der Waals surface area contributed by atoms with E-state index >= 15 is 0 Å². The number of benzene rings is 2. The first-order chi connectivity index (χ1) is 12.9. The van der Waals surface area contributed by atoms with Crippen LogP contribution in [0.15, 0.2) is 48.5 Å². The lowest BCUT2D eigenvalue weighted by Crippen LogP contribution is -2.42.